The number of nitrogens with one attached hydrogen (secondary N) is 2. The summed E-state index contributed by atoms with van der Waals surface area (Å²) in [5, 5.41) is 7.10. The Bertz CT molecular complexity index is 1500. The van der Waals surface area contributed by atoms with Gasteiger partial charge in [0.1, 0.15) is 0 Å². The molecule has 0 fully saturated rings. The summed E-state index contributed by atoms with van der Waals surface area (Å²) in [5.74, 6) is 1.27. The molecule has 0 radical (unpaired) electrons. The molecule has 0 aromatic heterocycles. The van der Waals surface area contributed by atoms with Gasteiger partial charge in [-0.25, -0.2) is 0 Å². The van der Waals surface area contributed by atoms with Gasteiger partial charge in [-0.2, -0.15) is 0 Å². The number of carbonyl (C=O) groups excluding carboxylic acids is 2. The first-order chi connectivity index (χ1) is 23.8. The Hall–Kier alpha value is -3.87. The normalized spacial score (nSPS) is 12.0. The summed E-state index contributed by atoms with van der Waals surface area (Å²) >= 11 is 4.51. The molecule has 0 aliphatic carbocycles. The van der Waals surface area contributed by atoms with Gasteiger partial charge in [0.05, 0.1) is 21.3 Å². The van der Waals surface area contributed by atoms with E-state index in [4.69, 9.17) is 14.2 Å². The van der Waals surface area contributed by atoms with Gasteiger partial charge in [0.15, 0.2) is 11.5 Å². The number of unbranched alkanes of at least 4 members (excludes halogenated alkanes) is 5. The molecule has 0 saturated heterocycles. The van der Waals surface area contributed by atoms with Crippen LogP contribution in [-0.2, 0) is 4.79 Å². The molecule has 0 saturated carbocycles. The molecule has 0 unspecified atom stereocenters. The van der Waals surface area contributed by atoms with Crippen molar-refractivity contribution >= 4 is 48.5 Å². The molecular formula is C40H50BrN2O5P. The number of hydrogen-bond acceptors (Lipinski definition) is 5. The van der Waals surface area contributed by atoms with Gasteiger partial charge in [-0.1, -0.05) is 0 Å². The molecule has 7 nitrogen and oxygen atoms in total. The van der Waals surface area contributed by atoms with Gasteiger partial charge in [0.2, 0.25) is 5.75 Å². The Kier molecular flexibility index (Phi) is 14.5. The third-order valence-corrected chi connectivity index (χ3v) is 19.0. The number of hydrogen-bond donors (Lipinski definition) is 2. The van der Waals surface area contributed by atoms with Crippen molar-refractivity contribution in [3.05, 3.63) is 109 Å². The molecule has 9 heteroatoms. The second kappa shape index (κ2) is 18.8. The molecule has 0 bridgehead atoms. The zero-order valence-electron chi connectivity index (χ0n) is 29.0. The van der Waals surface area contributed by atoms with Crippen molar-refractivity contribution in [1.29, 1.82) is 0 Å². The number of halogens is 1. The van der Waals surface area contributed by atoms with Crippen LogP contribution in [0.3, 0.4) is 0 Å². The van der Waals surface area contributed by atoms with E-state index in [1.54, 1.807) is 12.1 Å². The second-order valence-corrected chi connectivity index (χ2v) is 21.2. The quantitative estimate of drug-likeness (QED) is 0.0722. The van der Waals surface area contributed by atoms with E-state index in [-0.39, 0.29) is 11.8 Å². The van der Waals surface area contributed by atoms with E-state index in [1.165, 1.54) is 37.2 Å². The first-order valence-corrected chi connectivity index (χ1v) is 21.5. The fraction of sp³-hybridized carbons (Fsp3) is 0.350. The topological polar surface area (TPSA) is 85.9 Å². The monoisotopic (exact) mass is 748 g/mol. The zero-order chi connectivity index (χ0) is 35.0. The largest absolute Gasteiger partial charge is 0.493 e. The number of ether oxygens (including phenoxy) is 3. The van der Waals surface area contributed by atoms with Crippen LogP contribution in [0.15, 0.2) is 103 Å². The summed E-state index contributed by atoms with van der Waals surface area (Å²) < 4.78 is 16.0. The minimum atomic E-state index is -2.92. The summed E-state index contributed by atoms with van der Waals surface area (Å²) in [6.07, 6.45) is 8.08. The van der Waals surface area contributed by atoms with Crippen LogP contribution >= 0.6 is 20.8 Å². The number of carbonyl (C=O) groups is 2. The van der Waals surface area contributed by atoms with Crippen LogP contribution in [0, 0.1) is 0 Å². The minimum absolute atomic E-state index is 0.114. The smallest absolute Gasteiger partial charge is 0.203 e. The number of rotatable bonds is 20. The van der Waals surface area contributed by atoms with Gasteiger partial charge < -0.3 is 19.5 Å². The first kappa shape index (κ1) is 37.9. The molecule has 4 aromatic rings. The molecule has 262 valence electrons. The molecule has 0 heterocycles. The molecule has 2 amide bonds. The van der Waals surface area contributed by atoms with E-state index in [1.807, 2.05) is 0 Å². The fourth-order valence-corrected chi connectivity index (χ4v) is 14.1. The third-order valence-electron chi connectivity index (χ3n) is 9.00. The number of benzene rings is 4. The van der Waals surface area contributed by atoms with Gasteiger partial charge >= 0.3 is 208 Å². The Morgan fingerprint density at radius 1 is 0.592 bits per heavy atom. The van der Waals surface area contributed by atoms with Crippen molar-refractivity contribution in [2.75, 3.05) is 40.6 Å². The van der Waals surface area contributed by atoms with Crippen molar-refractivity contribution in [2.45, 2.75) is 51.4 Å². The maximum atomic E-state index is 12.7. The van der Waals surface area contributed by atoms with Crippen LogP contribution in [0.5, 0.6) is 17.2 Å². The predicted octanol–water partition coefficient (Wildman–Crippen LogP) is 7.52. The van der Waals surface area contributed by atoms with Crippen LogP contribution in [0.2, 0.25) is 0 Å². The molecule has 0 aliphatic rings. The molecule has 4 rings (SSSR count). The van der Waals surface area contributed by atoms with Crippen LogP contribution in [0.1, 0.15) is 61.7 Å². The van der Waals surface area contributed by atoms with E-state index < -0.39 is 5.31 Å². The molecule has 4 aromatic carbocycles. The summed E-state index contributed by atoms with van der Waals surface area (Å²) in [6, 6.07) is 35.9. The molecule has 0 spiro atoms. The Morgan fingerprint density at radius 3 is 1.49 bits per heavy atom. The maximum Gasteiger partial charge on any atom is 0.203 e. The van der Waals surface area contributed by atoms with Crippen molar-refractivity contribution in [1.82, 2.24) is 10.6 Å². The van der Waals surface area contributed by atoms with Crippen molar-refractivity contribution in [2.24, 2.45) is 0 Å². The average Bonchev–Trinajstić information content (AvgIpc) is 3.16. The predicted molar refractivity (Wildman–Crippen MR) is 207 cm³/mol. The number of amides is 2. The first-order valence-electron chi connectivity index (χ1n) is 17.1. The summed E-state index contributed by atoms with van der Waals surface area (Å²) in [7, 11) is 4.58. The van der Waals surface area contributed by atoms with E-state index in [0.29, 0.717) is 42.3 Å². The van der Waals surface area contributed by atoms with Crippen molar-refractivity contribution < 1.29 is 23.8 Å². The van der Waals surface area contributed by atoms with Crippen LogP contribution < -0.4 is 40.8 Å². The minimum Gasteiger partial charge on any atom is -0.493 e. The van der Waals surface area contributed by atoms with Crippen molar-refractivity contribution in [3.8, 4) is 17.2 Å². The maximum absolute atomic E-state index is 12.7. The Labute approximate surface area is 299 Å². The summed E-state index contributed by atoms with van der Waals surface area (Å²) in [6.45, 7) is 1.24. The molecule has 49 heavy (non-hydrogen) atoms. The summed E-state index contributed by atoms with van der Waals surface area (Å²) in [5.41, 5.74) is 0.453. The third kappa shape index (κ3) is 9.43. The molecule has 0 aliphatic heterocycles. The van der Waals surface area contributed by atoms with Crippen LogP contribution in [0.25, 0.3) is 0 Å². The van der Waals surface area contributed by atoms with Gasteiger partial charge in [-0.3, -0.25) is 4.79 Å². The number of methoxy groups -OCH3 is 3. The molecular weight excluding hydrogens is 699 g/mol. The van der Waals surface area contributed by atoms with Gasteiger partial charge in [-0.15, -0.1) is 0 Å². The van der Waals surface area contributed by atoms with E-state index in [0.717, 1.165) is 51.1 Å². The second-order valence-electron chi connectivity index (χ2n) is 12.2. The van der Waals surface area contributed by atoms with Gasteiger partial charge in [0, 0.05) is 12.1 Å². The van der Waals surface area contributed by atoms with Gasteiger partial charge in [-0.05, 0) is 12.1 Å². The Morgan fingerprint density at radius 2 is 1.04 bits per heavy atom. The van der Waals surface area contributed by atoms with Crippen LogP contribution in [0.4, 0.5) is 0 Å². The van der Waals surface area contributed by atoms with E-state index in [9.17, 15) is 9.59 Å². The zero-order valence-corrected chi connectivity index (χ0v) is 31.4. The SMILES string of the molecule is COc1cc(C(=O)NCCCCCCNC(=O)CCCCCP(Br)(c2ccccc2)(c2ccccc2)c2ccccc2)cc(OC)c1OC. The van der Waals surface area contributed by atoms with Crippen LogP contribution in [-0.4, -0.2) is 52.4 Å². The standard InChI is InChI=1S/C40H50BrN2O5P/c1-46-36-30-32(31-37(47-2)39(36)48-3)40(45)43-28-18-5-4-17-27-42-38(44)26-16-9-19-29-49(41,33-20-10-6-11-21-33,34-22-12-7-13-23-34)35-24-14-8-15-25-35/h6-8,10-15,20-25,30-31H,4-5,9,16-19,26-29H2,1-3H3,(H,42,44)(H,43,45). The van der Waals surface area contributed by atoms with E-state index >= 15 is 0 Å². The van der Waals surface area contributed by atoms with Gasteiger partial charge in [0.25, 0.3) is 5.91 Å². The fourth-order valence-electron chi connectivity index (χ4n) is 6.36. The molecule has 2 N–H and O–H groups in total. The molecule has 0 atom stereocenters. The average molecular weight is 750 g/mol. The summed E-state index contributed by atoms with van der Waals surface area (Å²) in [4.78, 5) is 25.3. The Balaban J connectivity index is 1.17. The van der Waals surface area contributed by atoms with E-state index in [2.05, 4.69) is 117 Å². The van der Waals surface area contributed by atoms with Crippen molar-refractivity contribution in [3.63, 3.8) is 0 Å².